The lowest BCUT2D eigenvalue weighted by molar-refractivity contribution is -0.133. The predicted octanol–water partition coefficient (Wildman–Crippen LogP) is 2.66. The second-order valence-electron chi connectivity index (χ2n) is 6.55. The maximum Gasteiger partial charge on any atom is 0.192 e. The molecule has 3 atom stereocenters. The minimum atomic E-state index is -0.633. The Morgan fingerprint density at radius 3 is 2.50 bits per heavy atom. The first-order valence-corrected chi connectivity index (χ1v) is 7.30. The number of ketones is 1. The Balaban J connectivity index is 2.72. The number of carbonyl (C=O) groups excluding carboxylic acids is 2. The third-order valence-corrected chi connectivity index (χ3v) is 4.86. The van der Waals surface area contributed by atoms with E-state index >= 15 is 0 Å². The molecule has 4 heteroatoms. The van der Waals surface area contributed by atoms with Crippen molar-refractivity contribution in [3.8, 4) is 0 Å². The van der Waals surface area contributed by atoms with Crippen molar-refractivity contribution in [3.63, 3.8) is 0 Å². The van der Waals surface area contributed by atoms with Crippen LogP contribution in [-0.2, 0) is 9.59 Å². The van der Waals surface area contributed by atoms with Crippen LogP contribution in [0.15, 0.2) is 0 Å². The summed E-state index contributed by atoms with van der Waals surface area (Å²) in [6, 6.07) is 0. The van der Waals surface area contributed by atoms with E-state index < -0.39 is 5.41 Å². The normalized spacial score (nSPS) is 30.6. The molecule has 1 N–H and O–H groups in total. The lowest BCUT2D eigenvalue weighted by atomic mass is 9.84. The lowest BCUT2D eigenvalue weighted by Gasteiger charge is -2.24. The Morgan fingerprint density at radius 1 is 1.56 bits per heavy atom. The molecule has 1 unspecified atom stereocenters. The Kier molecular flexibility index (Phi) is 4.65. The van der Waals surface area contributed by atoms with Crippen LogP contribution in [0.25, 0.3) is 0 Å². The fraction of sp³-hybridized carbons (Fsp3) is 0.857. The molecule has 0 radical (unpaired) electrons. The largest absolute Gasteiger partial charge is 0.395 e. The number of aliphatic hydroxyl groups excluding tert-OH is 1. The van der Waals surface area contributed by atoms with Gasteiger partial charge in [0.25, 0.3) is 0 Å². The fourth-order valence-electron chi connectivity index (χ4n) is 2.37. The van der Waals surface area contributed by atoms with E-state index in [2.05, 4.69) is 0 Å². The topological polar surface area (TPSA) is 54.4 Å². The van der Waals surface area contributed by atoms with Gasteiger partial charge in [-0.25, -0.2) is 0 Å². The van der Waals surface area contributed by atoms with Crippen LogP contribution in [0.3, 0.4) is 0 Å². The van der Waals surface area contributed by atoms with Gasteiger partial charge in [0, 0.05) is 22.0 Å². The number of hydrogen-bond donors (Lipinski definition) is 1. The van der Waals surface area contributed by atoms with Crippen molar-refractivity contribution in [1.29, 1.82) is 0 Å². The van der Waals surface area contributed by atoms with Gasteiger partial charge in [-0.2, -0.15) is 0 Å². The molecule has 0 bridgehead atoms. The molecule has 0 aromatic carbocycles. The van der Waals surface area contributed by atoms with E-state index in [4.69, 9.17) is 0 Å². The zero-order valence-corrected chi connectivity index (χ0v) is 12.8. The summed E-state index contributed by atoms with van der Waals surface area (Å²) in [5.74, 6) is -0.417. The van der Waals surface area contributed by atoms with Crippen LogP contribution in [0.4, 0.5) is 0 Å². The second-order valence-corrected chi connectivity index (χ2v) is 8.38. The van der Waals surface area contributed by atoms with Gasteiger partial charge in [-0.3, -0.25) is 9.59 Å². The molecule has 1 fully saturated rings. The van der Waals surface area contributed by atoms with Gasteiger partial charge < -0.3 is 5.11 Å². The van der Waals surface area contributed by atoms with Crippen LogP contribution in [0.1, 0.15) is 47.5 Å². The van der Waals surface area contributed by atoms with Crippen LogP contribution in [-0.4, -0.2) is 27.4 Å². The minimum absolute atomic E-state index is 0.0559. The van der Waals surface area contributed by atoms with E-state index in [-0.39, 0.29) is 34.1 Å². The van der Waals surface area contributed by atoms with E-state index in [0.29, 0.717) is 12.8 Å². The summed E-state index contributed by atoms with van der Waals surface area (Å²) < 4.78 is -0.118. The molecule has 0 saturated heterocycles. The second kappa shape index (κ2) is 5.33. The molecule has 104 valence electrons. The predicted molar refractivity (Wildman–Crippen MR) is 74.4 cm³/mol. The van der Waals surface area contributed by atoms with Gasteiger partial charge >= 0.3 is 0 Å². The zero-order valence-electron chi connectivity index (χ0n) is 11.9. The van der Waals surface area contributed by atoms with Crippen molar-refractivity contribution in [2.24, 2.45) is 17.3 Å². The summed E-state index contributed by atoms with van der Waals surface area (Å²) in [5.41, 5.74) is -0.633. The summed E-state index contributed by atoms with van der Waals surface area (Å²) in [5, 5.41) is 9.40. The van der Waals surface area contributed by atoms with Crippen molar-refractivity contribution in [2.75, 3.05) is 6.61 Å². The van der Waals surface area contributed by atoms with E-state index in [0.717, 1.165) is 0 Å². The molecule has 18 heavy (non-hydrogen) atoms. The first kappa shape index (κ1) is 15.7. The first-order valence-electron chi connectivity index (χ1n) is 6.49. The zero-order chi connectivity index (χ0) is 14.1. The average Bonchev–Trinajstić information content (AvgIpc) is 2.53. The van der Waals surface area contributed by atoms with Crippen LogP contribution in [0.5, 0.6) is 0 Å². The van der Waals surface area contributed by atoms with Gasteiger partial charge in [-0.1, -0.05) is 46.4 Å². The Bertz CT molecular complexity index is 345. The molecule has 0 aliphatic heterocycles. The molecule has 0 heterocycles. The number of rotatable bonds is 3. The highest BCUT2D eigenvalue weighted by molar-refractivity contribution is 8.14. The van der Waals surface area contributed by atoms with Gasteiger partial charge in [0.1, 0.15) is 5.78 Å². The molecule has 0 aromatic heterocycles. The van der Waals surface area contributed by atoms with E-state index in [9.17, 15) is 14.7 Å². The highest BCUT2D eigenvalue weighted by Crippen LogP contribution is 2.43. The van der Waals surface area contributed by atoms with Gasteiger partial charge in [0.05, 0.1) is 6.61 Å². The quantitative estimate of drug-likeness (QED) is 0.858. The van der Waals surface area contributed by atoms with Gasteiger partial charge in [-0.05, 0) is 12.8 Å². The molecule has 3 nitrogen and oxygen atoms in total. The lowest BCUT2D eigenvalue weighted by Crippen LogP contribution is -2.33. The Hall–Kier alpha value is -0.350. The van der Waals surface area contributed by atoms with Gasteiger partial charge in [0.2, 0.25) is 0 Å². The van der Waals surface area contributed by atoms with Crippen molar-refractivity contribution in [2.45, 2.75) is 52.2 Å². The van der Waals surface area contributed by atoms with Crippen molar-refractivity contribution in [3.05, 3.63) is 0 Å². The molecule has 1 saturated carbocycles. The number of aliphatic hydroxyl groups is 1. The van der Waals surface area contributed by atoms with Crippen molar-refractivity contribution in [1.82, 2.24) is 0 Å². The number of thioether (sulfide) groups is 1. The molecule has 0 aromatic rings. The number of Topliss-reactive ketones (excluding diaryl/α,β-unsaturated/α-hetero) is 1. The van der Waals surface area contributed by atoms with Crippen LogP contribution in [0, 0.1) is 17.3 Å². The third-order valence-electron chi connectivity index (χ3n) is 3.67. The molecule has 1 aliphatic carbocycles. The van der Waals surface area contributed by atoms with E-state index in [1.807, 2.05) is 27.7 Å². The van der Waals surface area contributed by atoms with Crippen LogP contribution in [0.2, 0.25) is 0 Å². The van der Waals surface area contributed by atoms with Crippen molar-refractivity contribution < 1.29 is 14.7 Å². The van der Waals surface area contributed by atoms with E-state index in [1.165, 1.54) is 11.8 Å². The summed E-state index contributed by atoms with van der Waals surface area (Å²) in [6.07, 6.45) is 1.40. The molecular formula is C14H24O3S. The highest BCUT2D eigenvalue weighted by Gasteiger charge is 2.47. The Morgan fingerprint density at radius 2 is 2.11 bits per heavy atom. The molecule has 1 rings (SSSR count). The molecule has 0 spiro atoms. The monoisotopic (exact) mass is 272 g/mol. The molecule has 1 aliphatic rings. The summed E-state index contributed by atoms with van der Waals surface area (Å²) in [7, 11) is 0. The Labute approximate surface area is 114 Å². The SMILES string of the molecule is C[C@@H](C(=O)SC(C)(C)C)[C@H]1CCC(C)(CO)C1=O. The number of carbonyl (C=O) groups is 2. The van der Waals surface area contributed by atoms with Gasteiger partial charge in [-0.15, -0.1) is 0 Å². The fourth-order valence-corrected chi connectivity index (χ4v) is 3.32. The maximum atomic E-state index is 12.2. The smallest absolute Gasteiger partial charge is 0.192 e. The molecular weight excluding hydrogens is 248 g/mol. The minimum Gasteiger partial charge on any atom is -0.395 e. The van der Waals surface area contributed by atoms with Crippen LogP contribution >= 0.6 is 11.8 Å². The molecule has 0 amide bonds. The summed E-state index contributed by atoms with van der Waals surface area (Å²) >= 11 is 1.31. The van der Waals surface area contributed by atoms with Gasteiger partial charge in [0.15, 0.2) is 5.12 Å². The number of hydrogen-bond acceptors (Lipinski definition) is 4. The third kappa shape index (κ3) is 3.35. The van der Waals surface area contributed by atoms with Crippen molar-refractivity contribution >= 4 is 22.7 Å². The average molecular weight is 272 g/mol. The van der Waals surface area contributed by atoms with Crippen LogP contribution < -0.4 is 0 Å². The first-order chi connectivity index (χ1) is 8.10. The standard InChI is InChI=1S/C14H24O3S/c1-9(12(17)18-13(2,3)4)10-6-7-14(5,8-15)11(10)16/h9-10,15H,6-8H2,1-5H3/t9-,10-,14?/m1/s1. The van der Waals surface area contributed by atoms with E-state index in [1.54, 1.807) is 6.92 Å². The summed E-state index contributed by atoms with van der Waals surface area (Å²) in [4.78, 5) is 24.4. The summed E-state index contributed by atoms with van der Waals surface area (Å²) in [6.45, 7) is 9.51. The maximum absolute atomic E-state index is 12.2. The highest BCUT2D eigenvalue weighted by atomic mass is 32.2.